The Bertz CT molecular complexity index is 351. The third-order valence-corrected chi connectivity index (χ3v) is 1.59. The topological polar surface area (TPSA) is 72.9 Å². The highest BCUT2D eigenvalue weighted by Gasteiger charge is 2.31. The maximum atomic E-state index is 11.8. The smallest absolute Gasteiger partial charge is 0.394 e. The van der Waals surface area contributed by atoms with Crippen LogP contribution in [0.3, 0.4) is 0 Å². The first kappa shape index (κ1) is 11.3. The summed E-state index contributed by atoms with van der Waals surface area (Å²) in [6.45, 7) is 0. The number of aromatic nitrogens is 2. The number of rotatable bonds is 2. The highest BCUT2D eigenvalue weighted by molar-refractivity contribution is 5.92. The van der Waals surface area contributed by atoms with Crippen molar-refractivity contribution >= 4 is 17.4 Å². The summed E-state index contributed by atoms with van der Waals surface area (Å²) in [7, 11) is 1.46. The van der Waals surface area contributed by atoms with Gasteiger partial charge in [-0.1, -0.05) is 0 Å². The van der Waals surface area contributed by atoms with E-state index in [9.17, 15) is 18.0 Å². The molecule has 15 heavy (non-hydrogen) atoms. The number of hydrogen-bond acceptors (Lipinski definition) is 3. The van der Waals surface area contributed by atoms with E-state index >= 15 is 0 Å². The van der Waals surface area contributed by atoms with Gasteiger partial charge in [-0.2, -0.15) is 18.3 Å². The van der Waals surface area contributed by atoms with Gasteiger partial charge in [0.25, 0.3) is 0 Å². The Morgan fingerprint density at radius 1 is 1.67 bits per heavy atom. The zero-order chi connectivity index (χ0) is 11.6. The number of carbonyl (C=O) groups is 1. The minimum Gasteiger partial charge on any atom is -0.394 e. The quantitative estimate of drug-likeness (QED) is 0.780. The van der Waals surface area contributed by atoms with Gasteiger partial charge in [0.1, 0.15) is 6.42 Å². The molecule has 0 unspecified atom stereocenters. The van der Waals surface area contributed by atoms with Crippen LogP contribution in [-0.2, 0) is 11.8 Å². The van der Waals surface area contributed by atoms with Gasteiger partial charge in [-0.3, -0.25) is 9.48 Å². The van der Waals surface area contributed by atoms with Gasteiger partial charge in [-0.05, 0) is 0 Å². The van der Waals surface area contributed by atoms with Crippen molar-refractivity contribution in [2.24, 2.45) is 7.05 Å². The zero-order valence-electron chi connectivity index (χ0n) is 7.80. The van der Waals surface area contributed by atoms with E-state index in [1.807, 2.05) is 5.32 Å². The highest BCUT2D eigenvalue weighted by Crippen LogP contribution is 2.22. The first-order valence-corrected chi connectivity index (χ1v) is 3.93. The molecule has 0 fully saturated rings. The van der Waals surface area contributed by atoms with Gasteiger partial charge in [-0.25, -0.2) is 0 Å². The lowest BCUT2D eigenvalue weighted by molar-refractivity contribution is -0.150. The summed E-state index contributed by atoms with van der Waals surface area (Å²) >= 11 is 0. The highest BCUT2D eigenvalue weighted by atomic mass is 19.4. The molecular formula is C7H9F3N4O. The van der Waals surface area contributed by atoms with Gasteiger partial charge in [0.2, 0.25) is 5.91 Å². The van der Waals surface area contributed by atoms with E-state index in [0.717, 1.165) is 0 Å². The van der Waals surface area contributed by atoms with Gasteiger partial charge in [0.15, 0.2) is 5.82 Å². The first-order chi connectivity index (χ1) is 6.79. The van der Waals surface area contributed by atoms with Crippen LogP contribution < -0.4 is 11.1 Å². The molecule has 8 heteroatoms. The molecule has 0 aromatic carbocycles. The summed E-state index contributed by atoms with van der Waals surface area (Å²) in [6, 6.07) is 0. The number of nitrogens with one attached hydrogen (secondary N) is 1. The molecule has 1 amide bonds. The Balaban J connectivity index is 2.67. The Labute approximate surface area is 83.0 Å². The van der Waals surface area contributed by atoms with Crippen LogP contribution in [-0.4, -0.2) is 21.9 Å². The fraction of sp³-hybridized carbons (Fsp3) is 0.429. The fourth-order valence-corrected chi connectivity index (χ4v) is 0.966. The minimum absolute atomic E-state index is 0.0595. The lowest BCUT2D eigenvalue weighted by atomic mass is 10.4. The summed E-state index contributed by atoms with van der Waals surface area (Å²) in [4.78, 5) is 10.9. The van der Waals surface area contributed by atoms with Crippen molar-refractivity contribution in [1.29, 1.82) is 0 Å². The molecule has 3 N–H and O–H groups in total. The van der Waals surface area contributed by atoms with Crippen LogP contribution in [0.1, 0.15) is 6.42 Å². The van der Waals surface area contributed by atoms with Gasteiger partial charge in [0.05, 0.1) is 11.9 Å². The second kappa shape index (κ2) is 3.79. The predicted molar refractivity (Wildman–Crippen MR) is 46.9 cm³/mol. The van der Waals surface area contributed by atoms with Crippen molar-refractivity contribution < 1.29 is 18.0 Å². The molecule has 1 heterocycles. The number of amides is 1. The van der Waals surface area contributed by atoms with E-state index < -0.39 is 18.5 Å². The molecule has 5 nitrogen and oxygen atoms in total. The summed E-state index contributed by atoms with van der Waals surface area (Å²) in [5, 5.41) is 5.69. The number of alkyl halides is 3. The van der Waals surface area contributed by atoms with Crippen molar-refractivity contribution in [3.63, 3.8) is 0 Å². The molecule has 0 spiro atoms. The average molecular weight is 222 g/mol. The number of carbonyl (C=O) groups excluding carboxylic acids is 1. The van der Waals surface area contributed by atoms with E-state index in [4.69, 9.17) is 5.73 Å². The predicted octanol–water partition coefficient (Wildman–Crippen LogP) is 0.893. The molecule has 1 rings (SSSR count). The van der Waals surface area contributed by atoms with Crippen LogP contribution in [0.4, 0.5) is 24.7 Å². The number of halogens is 3. The average Bonchev–Trinajstić information content (AvgIpc) is 2.32. The molecule has 0 saturated carbocycles. The van der Waals surface area contributed by atoms with Crippen molar-refractivity contribution in [2.75, 3.05) is 11.1 Å². The van der Waals surface area contributed by atoms with Gasteiger partial charge in [0, 0.05) is 7.05 Å². The Morgan fingerprint density at radius 3 is 2.67 bits per heavy atom. The van der Waals surface area contributed by atoms with E-state index in [0.29, 0.717) is 0 Å². The number of nitrogen functional groups attached to an aromatic ring is 1. The number of hydrogen-bond donors (Lipinski definition) is 2. The zero-order valence-corrected chi connectivity index (χ0v) is 7.80. The third kappa shape index (κ3) is 3.15. The first-order valence-electron chi connectivity index (χ1n) is 3.93. The van der Waals surface area contributed by atoms with E-state index in [2.05, 4.69) is 5.10 Å². The monoisotopic (exact) mass is 222 g/mol. The number of anilines is 2. The Kier molecular flexibility index (Phi) is 2.87. The second-order valence-electron chi connectivity index (χ2n) is 2.91. The molecule has 0 aliphatic heterocycles. The second-order valence-corrected chi connectivity index (χ2v) is 2.91. The van der Waals surface area contributed by atoms with Gasteiger partial charge < -0.3 is 11.1 Å². The van der Waals surface area contributed by atoms with Crippen LogP contribution in [0.15, 0.2) is 6.20 Å². The molecule has 84 valence electrons. The fourth-order valence-electron chi connectivity index (χ4n) is 0.966. The summed E-state index contributed by atoms with van der Waals surface area (Å²) in [6.07, 6.45) is -4.84. The maximum Gasteiger partial charge on any atom is 0.397 e. The summed E-state index contributed by atoms with van der Waals surface area (Å²) < 4.78 is 36.6. The Hall–Kier alpha value is -1.73. The van der Waals surface area contributed by atoms with E-state index in [-0.39, 0.29) is 11.5 Å². The van der Waals surface area contributed by atoms with Crippen molar-refractivity contribution in [3.05, 3.63) is 6.20 Å². The standard InChI is InChI=1S/C7H9F3N4O/c1-14-6(4(11)3-12-14)13-5(15)2-7(8,9)10/h3H,2,11H2,1H3,(H,13,15). The van der Waals surface area contributed by atoms with Crippen molar-refractivity contribution in [1.82, 2.24) is 9.78 Å². The lowest BCUT2D eigenvalue weighted by Gasteiger charge is -2.08. The SMILES string of the molecule is Cn1ncc(N)c1NC(=O)CC(F)(F)F. The van der Waals surface area contributed by atoms with Crippen LogP contribution in [0.2, 0.25) is 0 Å². The van der Waals surface area contributed by atoms with Gasteiger partial charge in [-0.15, -0.1) is 0 Å². The molecule has 0 saturated heterocycles. The van der Waals surface area contributed by atoms with Crippen LogP contribution >= 0.6 is 0 Å². The molecule has 1 aromatic rings. The molecule has 0 aliphatic rings. The van der Waals surface area contributed by atoms with Crippen molar-refractivity contribution in [3.8, 4) is 0 Å². The van der Waals surface area contributed by atoms with Gasteiger partial charge >= 0.3 is 6.18 Å². The molecule has 0 aliphatic carbocycles. The lowest BCUT2D eigenvalue weighted by Crippen LogP contribution is -2.22. The number of nitrogens with two attached hydrogens (primary N) is 1. The minimum atomic E-state index is -4.53. The molecule has 1 aromatic heterocycles. The summed E-state index contributed by atoms with van der Waals surface area (Å²) in [5.41, 5.74) is 5.49. The third-order valence-electron chi connectivity index (χ3n) is 1.59. The van der Waals surface area contributed by atoms with E-state index in [1.165, 1.54) is 17.9 Å². The normalized spacial score (nSPS) is 11.5. The summed E-state index contributed by atoms with van der Waals surface area (Å²) in [5.74, 6) is -1.11. The molecule has 0 radical (unpaired) electrons. The van der Waals surface area contributed by atoms with Crippen molar-refractivity contribution in [2.45, 2.75) is 12.6 Å². The van der Waals surface area contributed by atoms with Crippen LogP contribution in [0.5, 0.6) is 0 Å². The van der Waals surface area contributed by atoms with E-state index in [1.54, 1.807) is 0 Å². The molecular weight excluding hydrogens is 213 g/mol. The van der Waals surface area contributed by atoms with Crippen LogP contribution in [0.25, 0.3) is 0 Å². The number of nitrogens with zero attached hydrogens (tertiary/aromatic N) is 2. The maximum absolute atomic E-state index is 11.8. The molecule has 0 bridgehead atoms. The van der Waals surface area contributed by atoms with Crippen LogP contribution in [0, 0.1) is 0 Å². The Morgan fingerprint density at radius 2 is 2.27 bits per heavy atom. The molecule has 0 atom stereocenters. The number of aryl methyl sites for hydroxylation is 1. The largest absolute Gasteiger partial charge is 0.397 e.